The van der Waals surface area contributed by atoms with Crippen molar-refractivity contribution in [2.45, 2.75) is 12.3 Å². The average molecular weight is 292 g/mol. The lowest BCUT2D eigenvalue weighted by molar-refractivity contribution is -0.0234. The van der Waals surface area contributed by atoms with E-state index in [0.29, 0.717) is 4.90 Å². The van der Waals surface area contributed by atoms with Gasteiger partial charge in [-0.05, 0) is 12.1 Å². The quantitative estimate of drug-likeness (QED) is 0.861. The van der Waals surface area contributed by atoms with E-state index in [-0.39, 0.29) is 17.0 Å². The molecule has 3 rings (SSSR count). The number of hydrogen-bond acceptors (Lipinski definition) is 4. The Balaban J connectivity index is 1.80. The van der Waals surface area contributed by atoms with E-state index in [4.69, 9.17) is 0 Å². The molecule has 0 saturated carbocycles. The number of aromatic nitrogens is 3. The van der Waals surface area contributed by atoms with Gasteiger partial charge in [-0.1, -0.05) is 12.1 Å². The van der Waals surface area contributed by atoms with Crippen molar-refractivity contribution in [3.8, 4) is 0 Å². The molecule has 1 N–H and O–H groups in total. The summed E-state index contributed by atoms with van der Waals surface area (Å²) in [4.78, 5) is 28.2. The minimum atomic E-state index is -3.28. The third-order valence-electron chi connectivity index (χ3n) is 3.16. The Morgan fingerprint density at radius 1 is 1.14 bits per heavy atom. The van der Waals surface area contributed by atoms with E-state index < -0.39 is 30.7 Å². The summed E-state index contributed by atoms with van der Waals surface area (Å²) in [7, 11) is 0. The van der Waals surface area contributed by atoms with Gasteiger partial charge in [0.05, 0.1) is 24.1 Å². The van der Waals surface area contributed by atoms with Crippen LogP contribution in [0.5, 0.6) is 0 Å². The molecule has 108 valence electrons. The van der Waals surface area contributed by atoms with Crippen LogP contribution in [0, 0.1) is 0 Å². The molecular weight excluding hydrogens is 282 g/mol. The molecule has 2 aromatic rings. The summed E-state index contributed by atoms with van der Waals surface area (Å²) >= 11 is 0. The predicted molar refractivity (Wildman–Crippen MR) is 66.8 cm³/mol. The third kappa shape index (κ3) is 2.39. The smallest absolute Gasteiger partial charge is 0.269 e. The van der Waals surface area contributed by atoms with E-state index in [1.165, 1.54) is 12.1 Å². The number of hydrogen-bond donors (Lipinski definition) is 1. The van der Waals surface area contributed by atoms with Crippen molar-refractivity contribution < 1.29 is 18.4 Å². The van der Waals surface area contributed by atoms with Crippen molar-refractivity contribution in [1.29, 1.82) is 0 Å². The van der Waals surface area contributed by atoms with Crippen LogP contribution < -0.4 is 0 Å². The van der Waals surface area contributed by atoms with Gasteiger partial charge in [0, 0.05) is 0 Å². The molecule has 21 heavy (non-hydrogen) atoms. The number of benzene rings is 1. The molecule has 2 heterocycles. The van der Waals surface area contributed by atoms with Crippen LogP contribution in [0.1, 0.15) is 26.5 Å². The second-order valence-electron chi connectivity index (χ2n) is 4.71. The molecule has 0 bridgehead atoms. The summed E-state index contributed by atoms with van der Waals surface area (Å²) < 4.78 is 27.9. The number of imide groups is 1. The number of amides is 2. The van der Waals surface area contributed by atoms with Gasteiger partial charge in [0.25, 0.3) is 17.7 Å². The first-order chi connectivity index (χ1) is 9.98. The zero-order valence-electron chi connectivity index (χ0n) is 10.7. The largest absolute Gasteiger partial charge is 0.272 e. The molecule has 6 nitrogen and oxygen atoms in total. The molecule has 0 spiro atoms. The maximum atomic E-state index is 14.0. The van der Waals surface area contributed by atoms with E-state index in [0.717, 1.165) is 6.33 Å². The van der Waals surface area contributed by atoms with Gasteiger partial charge in [-0.2, -0.15) is 5.10 Å². The molecule has 0 aliphatic carbocycles. The number of alkyl halides is 2. The van der Waals surface area contributed by atoms with Crippen molar-refractivity contribution in [3.05, 3.63) is 47.5 Å². The van der Waals surface area contributed by atoms with Crippen LogP contribution >= 0.6 is 0 Å². The minimum Gasteiger partial charge on any atom is -0.269 e. The fraction of sp³-hybridized carbons (Fsp3) is 0.231. The van der Waals surface area contributed by atoms with Crippen LogP contribution in [-0.2, 0) is 6.42 Å². The van der Waals surface area contributed by atoms with Gasteiger partial charge in [0.15, 0.2) is 0 Å². The normalized spacial score (nSPS) is 14.7. The first-order valence-corrected chi connectivity index (χ1v) is 6.15. The van der Waals surface area contributed by atoms with E-state index in [1.54, 1.807) is 12.1 Å². The number of rotatable bonds is 4. The Morgan fingerprint density at radius 3 is 2.29 bits per heavy atom. The van der Waals surface area contributed by atoms with Crippen molar-refractivity contribution in [1.82, 2.24) is 20.1 Å². The second kappa shape index (κ2) is 4.72. The number of aromatic amines is 1. The first-order valence-electron chi connectivity index (χ1n) is 6.15. The number of halogens is 2. The molecule has 1 aromatic carbocycles. The van der Waals surface area contributed by atoms with Crippen LogP contribution in [0.2, 0.25) is 0 Å². The van der Waals surface area contributed by atoms with Crippen molar-refractivity contribution in [2.75, 3.05) is 6.54 Å². The highest BCUT2D eigenvalue weighted by molar-refractivity contribution is 6.21. The number of nitrogens with zero attached hydrogens (tertiary/aromatic N) is 3. The number of carbonyl (C=O) groups is 2. The van der Waals surface area contributed by atoms with Gasteiger partial charge in [-0.25, -0.2) is 13.8 Å². The second-order valence-corrected chi connectivity index (χ2v) is 4.71. The number of H-pyrrole nitrogens is 1. The van der Waals surface area contributed by atoms with Gasteiger partial charge < -0.3 is 0 Å². The molecule has 1 aliphatic heterocycles. The summed E-state index contributed by atoms with van der Waals surface area (Å²) in [6, 6.07) is 6.06. The zero-order valence-corrected chi connectivity index (χ0v) is 10.7. The zero-order chi connectivity index (χ0) is 15.0. The SMILES string of the molecule is O=C1c2ccccc2C(=O)N1CC(F)(F)Cc1ncn[nH]1. The molecule has 8 heteroatoms. The Morgan fingerprint density at radius 2 is 1.76 bits per heavy atom. The van der Waals surface area contributed by atoms with Gasteiger partial charge in [0.2, 0.25) is 0 Å². The minimum absolute atomic E-state index is 0.00314. The lowest BCUT2D eigenvalue weighted by atomic mass is 10.1. The highest BCUT2D eigenvalue weighted by atomic mass is 19.3. The van der Waals surface area contributed by atoms with Gasteiger partial charge in [0.1, 0.15) is 12.2 Å². The highest BCUT2D eigenvalue weighted by Gasteiger charge is 2.42. The summed E-state index contributed by atoms with van der Waals surface area (Å²) in [5.41, 5.74) is 0.302. The summed E-state index contributed by atoms with van der Waals surface area (Å²) in [6.07, 6.45) is 0.397. The fourth-order valence-corrected chi connectivity index (χ4v) is 2.23. The average Bonchev–Trinajstić information content (AvgIpc) is 3.02. The third-order valence-corrected chi connectivity index (χ3v) is 3.16. The van der Waals surface area contributed by atoms with Crippen LogP contribution in [0.15, 0.2) is 30.6 Å². The molecule has 0 saturated heterocycles. The topological polar surface area (TPSA) is 79.0 Å². The number of nitrogens with one attached hydrogen (secondary N) is 1. The standard InChI is InChI=1S/C13H10F2N4O2/c14-13(15,5-10-16-7-17-18-10)6-19-11(20)8-3-1-2-4-9(8)12(19)21/h1-4,7H,5-6H2,(H,16,17,18). The molecule has 1 aromatic heterocycles. The maximum absolute atomic E-state index is 14.0. The molecule has 0 unspecified atom stereocenters. The van der Waals surface area contributed by atoms with Crippen LogP contribution in [-0.4, -0.2) is 44.4 Å². The number of carbonyl (C=O) groups excluding carboxylic acids is 2. The Labute approximate surface area is 117 Å². The van der Waals surface area contributed by atoms with Crippen LogP contribution in [0.25, 0.3) is 0 Å². The molecular formula is C13H10F2N4O2. The lowest BCUT2D eigenvalue weighted by Crippen LogP contribution is -2.41. The van der Waals surface area contributed by atoms with E-state index >= 15 is 0 Å². The van der Waals surface area contributed by atoms with E-state index in [2.05, 4.69) is 15.2 Å². The first kappa shape index (κ1) is 13.3. The van der Waals surface area contributed by atoms with Gasteiger partial charge in [-0.3, -0.25) is 19.6 Å². The molecule has 2 amide bonds. The Bertz CT molecular complexity index is 665. The fourth-order valence-electron chi connectivity index (χ4n) is 2.23. The highest BCUT2D eigenvalue weighted by Crippen LogP contribution is 2.27. The van der Waals surface area contributed by atoms with Crippen molar-refractivity contribution in [2.24, 2.45) is 0 Å². The van der Waals surface area contributed by atoms with E-state index in [9.17, 15) is 18.4 Å². The predicted octanol–water partition coefficient (Wildman–Crippen LogP) is 1.28. The van der Waals surface area contributed by atoms with Gasteiger partial charge >= 0.3 is 0 Å². The number of fused-ring (bicyclic) bond motifs is 1. The van der Waals surface area contributed by atoms with Crippen molar-refractivity contribution in [3.63, 3.8) is 0 Å². The maximum Gasteiger partial charge on any atom is 0.272 e. The molecule has 0 atom stereocenters. The summed E-state index contributed by atoms with van der Waals surface area (Å²) in [6.45, 7) is -0.986. The molecule has 1 aliphatic rings. The van der Waals surface area contributed by atoms with Crippen LogP contribution in [0.3, 0.4) is 0 Å². The molecule has 0 fully saturated rings. The lowest BCUT2D eigenvalue weighted by Gasteiger charge is -2.21. The van der Waals surface area contributed by atoms with Crippen LogP contribution in [0.4, 0.5) is 8.78 Å². The van der Waals surface area contributed by atoms with Crippen molar-refractivity contribution >= 4 is 11.8 Å². The molecule has 0 radical (unpaired) electrons. The Hall–Kier alpha value is -2.64. The monoisotopic (exact) mass is 292 g/mol. The summed E-state index contributed by atoms with van der Waals surface area (Å²) in [5, 5.41) is 5.81. The van der Waals surface area contributed by atoms with E-state index in [1.807, 2.05) is 0 Å². The van der Waals surface area contributed by atoms with Gasteiger partial charge in [-0.15, -0.1) is 0 Å². The Kier molecular flexibility index (Phi) is 3.00. The summed E-state index contributed by atoms with van der Waals surface area (Å²) in [5.74, 6) is -4.69.